The van der Waals surface area contributed by atoms with E-state index in [1.807, 2.05) is 6.92 Å². The summed E-state index contributed by atoms with van der Waals surface area (Å²) in [6, 6.07) is 0. The van der Waals surface area contributed by atoms with Crippen LogP contribution in [-0.2, 0) is 4.79 Å². The fourth-order valence-corrected chi connectivity index (χ4v) is 1.64. The molecule has 15 heavy (non-hydrogen) atoms. The molecule has 3 nitrogen and oxygen atoms in total. The molecule has 0 spiro atoms. The molecule has 0 heterocycles. The minimum absolute atomic E-state index is 0.0603. The van der Waals surface area contributed by atoms with Crippen molar-refractivity contribution in [1.82, 2.24) is 0 Å². The molecule has 0 aliphatic heterocycles. The Bertz CT molecular complexity index is 351. The van der Waals surface area contributed by atoms with E-state index in [1.54, 1.807) is 0 Å². The number of nitrogens with two attached hydrogens (primary N) is 1. The van der Waals surface area contributed by atoms with Crippen molar-refractivity contribution in [3.05, 3.63) is 23.4 Å². The third-order valence-electron chi connectivity index (χ3n) is 2.43. The topological polar surface area (TPSA) is 55.4 Å². The number of aliphatic imine (C=N–C) groups is 1. The third kappa shape index (κ3) is 3.05. The molecule has 0 radical (unpaired) electrons. The van der Waals surface area contributed by atoms with Gasteiger partial charge >= 0.3 is 0 Å². The van der Waals surface area contributed by atoms with Gasteiger partial charge in [-0.05, 0) is 31.8 Å². The molecule has 1 fully saturated rings. The van der Waals surface area contributed by atoms with Crippen LogP contribution in [0.2, 0.25) is 0 Å². The summed E-state index contributed by atoms with van der Waals surface area (Å²) in [5, 5.41) is 0. The number of carbonyl (C=O) groups is 1. The smallest absolute Gasteiger partial charge is 0.175 e. The van der Waals surface area contributed by atoms with Crippen molar-refractivity contribution in [3.63, 3.8) is 0 Å². The Morgan fingerprint density at radius 3 is 2.67 bits per heavy atom. The highest BCUT2D eigenvalue weighted by Crippen LogP contribution is 2.24. The van der Waals surface area contributed by atoms with Gasteiger partial charge in [0.05, 0.1) is 12.2 Å². The predicted molar refractivity (Wildman–Crippen MR) is 62.9 cm³/mol. The van der Waals surface area contributed by atoms with Gasteiger partial charge in [-0.15, -0.1) is 0 Å². The summed E-state index contributed by atoms with van der Waals surface area (Å²) in [6.45, 7) is 7.87. The second-order valence-corrected chi connectivity index (χ2v) is 4.02. The van der Waals surface area contributed by atoms with Crippen molar-refractivity contribution >= 4 is 11.5 Å². The lowest BCUT2D eigenvalue weighted by molar-refractivity contribution is -0.113. The van der Waals surface area contributed by atoms with Crippen LogP contribution >= 0.6 is 0 Å². The zero-order valence-corrected chi connectivity index (χ0v) is 9.47. The van der Waals surface area contributed by atoms with Gasteiger partial charge in [-0.3, -0.25) is 9.79 Å². The summed E-state index contributed by atoms with van der Waals surface area (Å²) in [5.41, 5.74) is 9.09. The van der Waals surface area contributed by atoms with Crippen molar-refractivity contribution in [3.8, 4) is 0 Å². The van der Waals surface area contributed by atoms with E-state index in [2.05, 4.69) is 11.6 Å². The first-order chi connectivity index (χ1) is 7.02. The number of carbonyl (C=O) groups excluding carboxylic acids is 1. The first-order valence-electron chi connectivity index (χ1n) is 5.20. The molecule has 0 bridgehead atoms. The van der Waals surface area contributed by atoms with Gasteiger partial charge in [-0.25, -0.2) is 0 Å². The van der Waals surface area contributed by atoms with Gasteiger partial charge < -0.3 is 5.73 Å². The van der Waals surface area contributed by atoms with Crippen LogP contribution in [0.1, 0.15) is 33.1 Å². The molecule has 0 unspecified atom stereocenters. The summed E-state index contributed by atoms with van der Waals surface area (Å²) in [7, 11) is 0. The first-order valence-corrected chi connectivity index (χ1v) is 5.20. The number of nitrogens with zero attached hydrogens (tertiary/aromatic N) is 1. The van der Waals surface area contributed by atoms with Gasteiger partial charge in [0.15, 0.2) is 5.78 Å². The molecule has 0 aromatic carbocycles. The lowest BCUT2D eigenvalue weighted by Gasteiger charge is -2.04. The van der Waals surface area contributed by atoms with Crippen LogP contribution in [0.25, 0.3) is 0 Å². The second-order valence-electron chi connectivity index (χ2n) is 4.02. The van der Waals surface area contributed by atoms with E-state index >= 15 is 0 Å². The second kappa shape index (κ2) is 4.91. The van der Waals surface area contributed by atoms with Crippen LogP contribution in [0.4, 0.5) is 0 Å². The van der Waals surface area contributed by atoms with E-state index in [4.69, 9.17) is 5.73 Å². The van der Waals surface area contributed by atoms with Crippen molar-refractivity contribution in [2.45, 2.75) is 33.1 Å². The standard InChI is InChI=1S/C12H18N2O/c1-8(2)7-14-11-6-4-5-10(11)12(13)9(3)15/h1,4-7,13H2,2-3H3. The Labute approximate surface area is 90.8 Å². The molecule has 1 aliphatic carbocycles. The summed E-state index contributed by atoms with van der Waals surface area (Å²) in [5.74, 6) is -0.0603. The minimum Gasteiger partial charge on any atom is -0.396 e. The molecule has 0 atom stereocenters. The van der Waals surface area contributed by atoms with Gasteiger partial charge in [-0.2, -0.15) is 0 Å². The maximum atomic E-state index is 11.2. The summed E-state index contributed by atoms with van der Waals surface area (Å²) in [4.78, 5) is 15.6. The molecule has 82 valence electrons. The van der Waals surface area contributed by atoms with E-state index in [0.717, 1.165) is 36.1 Å². The van der Waals surface area contributed by atoms with Crippen LogP contribution in [0.15, 0.2) is 28.4 Å². The molecule has 1 saturated carbocycles. The molecule has 2 N–H and O–H groups in total. The van der Waals surface area contributed by atoms with Crippen LogP contribution in [0, 0.1) is 0 Å². The zero-order valence-electron chi connectivity index (χ0n) is 9.47. The fourth-order valence-electron chi connectivity index (χ4n) is 1.64. The lowest BCUT2D eigenvalue weighted by atomic mass is 10.1. The maximum absolute atomic E-state index is 11.2. The van der Waals surface area contributed by atoms with Gasteiger partial charge in [0.2, 0.25) is 0 Å². The highest BCUT2D eigenvalue weighted by Gasteiger charge is 2.19. The molecule has 0 saturated heterocycles. The van der Waals surface area contributed by atoms with Gasteiger partial charge in [0.25, 0.3) is 0 Å². The Kier molecular flexibility index (Phi) is 3.83. The van der Waals surface area contributed by atoms with Crippen molar-refractivity contribution < 1.29 is 4.79 Å². The average Bonchev–Trinajstić information content (AvgIpc) is 2.60. The zero-order chi connectivity index (χ0) is 11.4. The monoisotopic (exact) mass is 206 g/mol. The number of allylic oxidation sites excluding steroid dienone is 2. The van der Waals surface area contributed by atoms with E-state index in [0.29, 0.717) is 12.2 Å². The van der Waals surface area contributed by atoms with Crippen molar-refractivity contribution in [1.29, 1.82) is 0 Å². The van der Waals surface area contributed by atoms with Gasteiger partial charge in [-0.1, -0.05) is 12.2 Å². The number of hydrogen-bond donors (Lipinski definition) is 1. The van der Waals surface area contributed by atoms with E-state index in [1.165, 1.54) is 6.92 Å². The summed E-state index contributed by atoms with van der Waals surface area (Å²) >= 11 is 0. The SMILES string of the molecule is C=C(C)CN=C1CCCC1=C(N)C(C)=O. The molecular weight excluding hydrogens is 188 g/mol. The molecule has 0 amide bonds. The number of ketones is 1. The highest BCUT2D eigenvalue weighted by molar-refractivity contribution is 6.09. The van der Waals surface area contributed by atoms with Crippen LogP contribution in [0.3, 0.4) is 0 Å². The molecule has 1 rings (SSSR count). The molecule has 3 heteroatoms. The summed E-state index contributed by atoms with van der Waals surface area (Å²) in [6.07, 6.45) is 2.84. The quantitative estimate of drug-likeness (QED) is 0.567. The van der Waals surface area contributed by atoms with Crippen LogP contribution < -0.4 is 5.73 Å². The first kappa shape index (κ1) is 11.7. The molecule has 0 aromatic heterocycles. The van der Waals surface area contributed by atoms with Crippen molar-refractivity contribution in [2.75, 3.05) is 6.54 Å². The van der Waals surface area contributed by atoms with Gasteiger partial charge in [0, 0.05) is 12.6 Å². The highest BCUT2D eigenvalue weighted by atomic mass is 16.1. The number of Topliss-reactive ketones (excluding diaryl/α,β-unsaturated/α-hetero) is 1. The van der Waals surface area contributed by atoms with E-state index in [9.17, 15) is 4.79 Å². The largest absolute Gasteiger partial charge is 0.396 e. The van der Waals surface area contributed by atoms with Crippen molar-refractivity contribution in [2.24, 2.45) is 10.7 Å². The number of rotatable bonds is 3. The van der Waals surface area contributed by atoms with Crippen LogP contribution in [-0.4, -0.2) is 18.0 Å². The normalized spacial score (nSPS) is 21.9. The van der Waals surface area contributed by atoms with Gasteiger partial charge in [0.1, 0.15) is 0 Å². The predicted octanol–water partition coefficient (Wildman–Crippen LogP) is 1.99. The number of hydrogen-bond acceptors (Lipinski definition) is 3. The minimum atomic E-state index is -0.0603. The molecular formula is C12H18N2O. The molecule has 0 aromatic rings. The lowest BCUT2D eigenvalue weighted by Crippen LogP contribution is -2.13. The Hall–Kier alpha value is -1.38. The van der Waals surface area contributed by atoms with E-state index in [-0.39, 0.29) is 5.78 Å². The Balaban J connectivity index is 2.91. The Morgan fingerprint density at radius 2 is 2.13 bits per heavy atom. The third-order valence-corrected chi connectivity index (χ3v) is 2.43. The molecule has 1 aliphatic rings. The maximum Gasteiger partial charge on any atom is 0.175 e. The average molecular weight is 206 g/mol. The Morgan fingerprint density at radius 1 is 1.47 bits per heavy atom. The fraction of sp³-hybridized carbons (Fsp3) is 0.500. The van der Waals surface area contributed by atoms with Crippen LogP contribution in [0.5, 0.6) is 0 Å². The van der Waals surface area contributed by atoms with E-state index < -0.39 is 0 Å². The summed E-state index contributed by atoms with van der Waals surface area (Å²) < 4.78 is 0.